The van der Waals surface area contributed by atoms with Gasteiger partial charge in [-0.3, -0.25) is 4.79 Å². The minimum absolute atomic E-state index is 0.165. The van der Waals surface area contributed by atoms with Crippen molar-refractivity contribution in [1.82, 2.24) is 0 Å². The molecule has 1 aromatic heterocycles. The van der Waals surface area contributed by atoms with E-state index < -0.39 is 0 Å². The van der Waals surface area contributed by atoms with E-state index in [1.54, 1.807) is 0 Å². The smallest absolute Gasteiger partial charge is 0.305 e. The minimum atomic E-state index is -0.165. The van der Waals surface area contributed by atoms with Gasteiger partial charge in [0.05, 0.1) is 13.7 Å². The maximum atomic E-state index is 11.2. The average Bonchev–Trinajstić information content (AvgIpc) is 3.06. The van der Waals surface area contributed by atoms with Crippen LogP contribution in [0.5, 0.6) is 0 Å². The van der Waals surface area contributed by atoms with Crippen molar-refractivity contribution in [1.29, 1.82) is 0 Å². The number of hydrogen-bond acceptors (Lipinski definition) is 4. The topological polar surface area (TPSA) is 35.5 Å². The maximum Gasteiger partial charge on any atom is 0.305 e. The number of rotatable bonds is 9. The van der Waals surface area contributed by atoms with E-state index in [1.807, 2.05) is 11.3 Å². The van der Waals surface area contributed by atoms with Crippen LogP contribution in [0.25, 0.3) is 10.4 Å². The minimum Gasteiger partial charge on any atom is -0.469 e. The van der Waals surface area contributed by atoms with Gasteiger partial charge in [-0.2, -0.15) is 0 Å². The molecule has 124 valence electrons. The van der Waals surface area contributed by atoms with Crippen molar-refractivity contribution >= 4 is 17.3 Å². The van der Waals surface area contributed by atoms with Crippen LogP contribution in [0, 0.1) is 0 Å². The largest absolute Gasteiger partial charge is 0.469 e. The molecule has 0 radical (unpaired) electrons. The summed E-state index contributed by atoms with van der Waals surface area (Å²) in [5.41, 5.74) is 2.38. The van der Waals surface area contributed by atoms with E-state index >= 15 is 0 Å². The summed E-state index contributed by atoms with van der Waals surface area (Å²) in [6.07, 6.45) is 3.19. The quantitative estimate of drug-likeness (QED) is 0.501. The summed E-state index contributed by atoms with van der Waals surface area (Å²) in [5.74, 6) is -0.165. The van der Waals surface area contributed by atoms with Crippen molar-refractivity contribution in [2.24, 2.45) is 0 Å². The summed E-state index contributed by atoms with van der Waals surface area (Å²) in [5, 5.41) is 0. The molecule has 2 rings (SSSR count). The first-order chi connectivity index (χ1) is 11.2. The molecule has 0 aliphatic carbocycles. The standard InChI is InChI=1S/C19H24O3S/c1-3-13-22-14-12-17-9-10-18(23-17)16-7-4-15(5-8-16)6-11-19(20)21-2/h4-5,7-10H,3,6,11-14H2,1-2H3. The second-order valence-corrected chi connectivity index (χ2v) is 6.57. The highest BCUT2D eigenvalue weighted by atomic mass is 32.1. The first kappa shape index (κ1) is 17.7. The molecular weight excluding hydrogens is 308 g/mol. The monoisotopic (exact) mass is 332 g/mol. The zero-order valence-corrected chi connectivity index (χ0v) is 14.7. The van der Waals surface area contributed by atoms with E-state index in [0.717, 1.165) is 38.0 Å². The van der Waals surface area contributed by atoms with E-state index in [4.69, 9.17) is 4.74 Å². The van der Waals surface area contributed by atoms with Crippen LogP contribution in [0.2, 0.25) is 0 Å². The molecule has 1 heterocycles. The fraction of sp³-hybridized carbons (Fsp3) is 0.421. The summed E-state index contributed by atoms with van der Waals surface area (Å²) in [6, 6.07) is 12.8. The van der Waals surface area contributed by atoms with E-state index in [2.05, 4.69) is 48.1 Å². The highest BCUT2D eigenvalue weighted by Crippen LogP contribution is 2.28. The van der Waals surface area contributed by atoms with Gasteiger partial charge in [-0.15, -0.1) is 11.3 Å². The van der Waals surface area contributed by atoms with Crippen molar-refractivity contribution in [3.8, 4) is 10.4 Å². The molecule has 3 nitrogen and oxygen atoms in total. The van der Waals surface area contributed by atoms with Crippen molar-refractivity contribution in [3.63, 3.8) is 0 Å². The maximum absolute atomic E-state index is 11.2. The number of methoxy groups -OCH3 is 1. The Labute approximate surface area is 142 Å². The van der Waals surface area contributed by atoms with Gasteiger partial charge in [0.15, 0.2) is 0 Å². The molecular formula is C19H24O3S. The number of esters is 1. The molecule has 0 bridgehead atoms. The lowest BCUT2D eigenvalue weighted by atomic mass is 10.1. The number of benzene rings is 1. The fourth-order valence-electron chi connectivity index (χ4n) is 2.27. The second kappa shape index (κ2) is 9.48. The van der Waals surface area contributed by atoms with Gasteiger partial charge in [0, 0.05) is 29.2 Å². The van der Waals surface area contributed by atoms with Crippen molar-refractivity contribution in [3.05, 3.63) is 46.8 Å². The molecule has 0 N–H and O–H groups in total. The highest BCUT2D eigenvalue weighted by molar-refractivity contribution is 7.15. The van der Waals surface area contributed by atoms with Crippen LogP contribution in [-0.2, 0) is 27.1 Å². The fourth-order valence-corrected chi connectivity index (χ4v) is 3.26. The molecule has 1 aromatic carbocycles. The van der Waals surface area contributed by atoms with Crippen LogP contribution in [0.15, 0.2) is 36.4 Å². The van der Waals surface area contributed by atoms with E-state index in [0.29, 0.717) is 6.42 Å². The zero-order valence-electron chi connectivity index (χ0n) is 13.8. The third-order valence-corrected chi connectivity index (χ3v) is 4.78. The number of carbonyl (C=O) groups excluding carboxylic acids is 1. The Hall–Kier alpha value is -1.65. The third kappa shape index (κ3) is 5.81. The average molecular weight is 332 g/mol. The van der Waals surface area contributed by atoms with Crippen LogP contribution in [0.1, 0.15) is 30.2 Å². The normalized spacial score (nSPS) is 10.7. The molecule has 0 amide bonds. The first-order valence-corrected chi connectivity index (χ1v) is 8.87. The molecule has 23 heavy (non-hydrogen) atoms. The zero-order chi connectivity index (χ0) is 16.5. The van der Waals surface area contributed by atoms with Crippen LogP contribution in [0.3, 0.4) is 0 Å². The Bertz CT molecular complexity index is 601. The molecule has 0 aliphatic rings. The predicted molar refractivity (Wildman–Crippen MR) is 94.9 cm³/mol. The first-order valence-electron chi connectivity index (χ1n) is 8.05. The Kier molecular flexibility index (Phi) is 7.30. The summed E-state index contributed by atoms with van der Waals surface area (Å²) in [6.45, 7) is 3.75. The molecule has 0 saturated heterocycles. The highest BCUT2D eigenvalue weighted by Gasteiger charge is 2.05. The Morgan fingerprint density at radius 2 is 1.83 bits per heavy atom. The van der Waals surface area contributed by atoms with Gasteiger partial charge in [-0.25, -0.2) is 0 Å². The lowest BCUT2D eigenvalue weighted by Crippen LogP contribution is -2.01. The van der Waals surface area contributed by atoms with Gasteiger partial charge in [0.2, 0.25) is 0 Å². The molecule has 0 spiro atoms. The Balaban J connectivity index is 1.89. The van der Waals surface area contributed by atoms with E-state index in [9.17, 15) is 4.79 Å². The molecule has 0 fully saturated rings. The number of hydrogen-bond donors (Lipinski definition) is 0. The van der Waals surface area contributed by atoms with E-state index in [-0.39, 0.29) is 5.97 Å². The van der Waals surface area contributed by atoms with Crippen LogP contribution in [-0.4, -0.2) is 26.3 Å². The van der Waals surface area contributed by atoms with Gasteiger partial charge < -0.3 is 9.47 Å². The molecule has 0 aliphatic heterocycles. The molecule has 2 aromatic rings. The summed E-state index contributed by atoms with van der Waals surface area (Å²) < 4.78 is 10.2. The second-order valence-electron chi connectivity index (χ2n) is 5.40. The molecule has 0 atom stereocenters. The van der Waals surface area contributed by atoms with Crippen molar-refractivity contribution in [2.75, 3.05) is 20.3 Å². The van der Waals surface area contributed by atoms with Gasteiger partial charge in [-0.05, 0) is 36.1 Å². The summed E-state index contributed by atoms with van der Waals surface area (Å²) in [4.78, 5) is 13.8. The van der Waals surface area contributed by atoms with Crippen LogP contribution in [0.4, 0.5) is 0 Å². The number of carbonyl (C=O) groups is 1. The van der Waals surface area contributed by atoms with Crippen LogP contribution < -0.4 is 0 Å². The van der Waals surface area contributed by atoms with Crippen molar-refractivity contribution < 1.29 is 14.3 Å². The van der Waals surface area contributed by atoms with Crippen LogP contribution >= 0.6 is 11.3 Å². The number of thiophene rings is 1. The van der Waals surface area contributed by atoms with E-state index in [1.165, 1.54) is 22.4 Å². The van der Waals surface area contributed by atoms with Gasteiger partial charge in [-0.1, -0.05) is 31.2 Å². The number of ether oxygens (including phenoxy) is 2. The molecule has 0 saturated carbocycles. The summed E-state index contributed by atoms with van der Waals surface area (Å²) in [7, 11) is 1.42. The number of aryl methyl sites for hydroxylation is 1. The Morgan fingerprint density at radius 3 is 2.52 bits per heavy atom. The molecule has 0 unspecified atom stereocenters. The van der Waals surface area contributed by atoms with Crippen molar-refractivity contribution in [2.45, 2.75) is 32.6 Å². The Morgan fingerprint density at radius 1 is 1.04 bits per heavy atom. The predicted octanol–water partition coefficient (Wildman–Crippen LogP) is 4.49. The summed E-state index contributed by atoms with van der Waals surface area (Å²) >= 11 is 1.82. The van der Waals surface area contributed by atoms with Gasteiger partial charge in [0.25, 0.3) is 0 Å². The SMILES string of the molecule is CCCOCCc1ccc(-c2ccc(CCC(=O)OC)cc2)s1. The molecule has 4 heteroatoms. The third-order valence-electron chi connectivity index (χ3n) is 3.59. The lowest BCUT2D eigenvalue weighted by Gasteiger charge is -2.03. The van der Waals surface area contributed by atoms with Gasteiger partial charge >= 0.3 is 5.97 Å². The lowest BCUT2D eigenvalue weighted by molar-refractivity contribution is -0.140. The van der Waals surface area contributed by atoms with Gasteiger partial charge in [0.1, 0.15) is 0 Å².